The van der Waals surface area contributed by atoms with E-state index in [2.05, 4.69) is 5.32 Å². The maximum Gasteiger partial charge on any atom is 0.255 e. The number of benzene rings is 1. The summed E-state index contributed by atoms with van der Waals surface area (Å²) in [7, 11) is -0.955. The van der Waals surface area contributed by atoms with E-state index in [9.17, 15) is 14.1 Å². The minimum Gasteiger partial charge on any atom is -0.507 e. The number of aryl methyl sites for hydroxylation is 1. The van der Waals surface area contributed by atoms with Crippen LogP contribution in [0.5, 0.6) is 5.75 Å². The van der Waals surface area contributed by atoms with Crippen LogP contribution in [0.25, 0.3) is 0 Å². The molecule has 0 saturated heterocycles. The van der Waals surface area contributed by atoms with Crippen molar-refractivity contribution in [2.45, 2.75) is 19.9 Å². The van der Waals surface area contributed by atoms with Crippen molar-refractivity contribution in [1.82, 2.24) is 5.32 Å². The molecule has 0 aromatic heterocycles. The summed E-state index contributed by atoms with van der Waals surface area (Å²) in [5, 5.41) is 12.3. The SMILES string of the molecule is Cc1ccc(C(=O)NC(C)CS(C)=O)c(O)c1. The summed E-state index contributed by atoms with van der Waals surface area (Å²) in [4.78, 5) is 11.8. The van der Waals surface area contributed by atoms with E-state index >= 15 is 0 Å². The van der Waals surface area contributed by atoms with Crippen molar-refractivity contribution in [3.05, 3.63) is 29.3 Å². The van der Waals surface area contributed by atoms with E-state index in [4.69, 9.17) is 0 Å². The van der Waals surface area contributed by atoms with Crippen LogP contribution in [0, 0.1) is 6.92 Å². The second-order valence-electron chi connectivity index (χ2n) is 4.13. The molecule has 5 heteroatoms. The van der Waals surface area contributed by atoms with E-state index in [1.807, 2.05) is 6.92 Å². The van der Waals surface area contributed by atoms with E-state index < -0.39 is 10.8 Å². The van der Waals surface area contributed by atoms with Crippen LogP contribution in [0.4, 0.5) is 0 Å². The lowest BCUT2D eigenvalue weighted by molar-refractivity contribution is 0.0941. The van der Waals surface area contributed by atoms with Crippen molar-refractivity contribution in [2.75, 3.05) is 12.0 Å². The average Bonchev–Trinajstić information content (AvgIpc) is 2.15. The van der Waals surface area contributed by atoms with Crippen molar-refractivity contribution in [3.63, 3.8) is 0 Å². The zero-order chi connectivity index (χ0) is 13.0. The van der Waals surface area contributed by atoms with E-state index in [0.29, 0.717) is 5.75 Å². The van der Waals surface area contributed by atoms with Gasteiger partial charge in [-0.2, -0.15) is 0 Å². The summed E-state index contributed by atoms with van der Waals surface area (Å²) >= 11 is 0. The van der Waals surface area contributed by atoms with Gasteiger partial charge < -0.3 is 10.4 Å². The molecule has 2 unspecified atom stereocenters. The molecule has 0 bridgehead atoms. The number of hydrogen-bond acceptors (Lipinski definition) is 3. The van der Waals surface area contributed by atoms with Gasteiger partial charge in [0.25, 0.3) is 5.91 Å². The quantitative estimate of drug-likeness (QED) is 0.849. The fourth-order valence-corrected chi connectivity index (χ4v) is 2.32. The van der Waals surface area contributed by atoms with Crippen molar-refractivity contribution in [3.8, 4) is 5.75 Å². The monoisotopic (exact) mass is 255 g/mol. The van der Waals surface area contributed by atoms with E-state index in [0.717, 1.165) is 5.56 Å². The van der Waals surface area contributed by atoms with Gasteiger partial charge in [-0.15, -0.1) is 0 Å². The van der Waals surface area contributed by atoms with E-state index in [-0.39, 0.29) is 23.3 Å². The Morgan fingerprint density at radius 1 is 1.53 bits per heavy atom. The molecule has 0 aliphatic rings. The lowest BCUT2D eigenvalue weighted by Gasteiger charge is -2.13. The normalized spacial score (nSPS) is 14.1. The Hall–Kier alpha value is -1.36. The van der Waals surface area contributed by atoms with Gasteiger partial charge in [0.2, 0.25) is 0 Å². The molecule has 0 saturated carbocycles. The first kappa shape index (κ1) is 13.7. The number of amides is 1. The van der Waals surface area contributed by atoms with Gasteiger partial charge in [-0.1, -0.05) is 6.07 Å². The summed E-state index contributed by atoms with van der Waals surface area (Å²) < 4.78 is 11.0. The Kier molecular flexibility index (Phi) is 4.69. The fourth-order valence-electron chi connectivity index (χ4n) is 1.53. The van der Waals surface area contributed by atoms with E-state index in [1.54, 1.807) is 25.3 Å². The van der Waals surface area contributed by atoms with Gasteiger partial charge in [0.1, 0.15) is 5.75 Å². The summed E-state index contributed by atoms with van der Waals surface area (Å²) in [6.07, 6.45) is 1.59. The highest BCUT2D eigenvalue weighted by Crippen LogP contribution is 2.18. The van der Waals surface area contributed by atoms with E-state index in [1.165, 1.54) is 6.07 Å². The molecule has 94 valence electrons. The summed E-state index contributed by atoms with van der Waals surface area (Å²) in [5.41, 5.74) is 1.13. The predicted molar refractivity (Wildman–Crippen MR) is 68.7 cm³/mol. The molecule has 2 atom stereocenters. The third-order valence-electron chi connectivity index (χ3n) is 2.26. The third kappa shape index (κ3) is 4.19. The van der Waals surface area contributed by atoms with Crippen LogP contribution in [0.15, 0.2) is 18.2 Å². The molecule has 17 heavy (non-hydrogen) atoms. The number of carbonyl (C=O) groups is 1. The van der Waals surface area contributed by atoms with Crippen LogP contribution in [0.1, 0.15) is 22.8 Å². The Morgan fingerprint density at radius 2 is 2.18 bits per heavy atom. The summed E-state index contributed by atoms with van der Waals surface area (Å²) in [5.74, 6) is 0.0195. The standard InChI is InChI=1S/C12H17NO3S/c1-8-4-5-10(11(14)6-8)12(15)13-9(2)7-17(3)16/h4-6,9,14H,7H2,1-3H3,(H,13,15). The Balaban J connectivity index is 2.73. The third-order valence-corrected chi connectivity index (χ3v) is 3.23. The highest BCUT2D eigenvalue weighted by molar-refractivity contribution is 7.84. The molecule has 1 amide bonds. The minimum absolute atomic E-state index is 0.0349. The molecule has 0 aliphatic carbocycles. The number of carbonyl (C=O) groups excluding carboxylic acids is 1. The van der Waals surface area contributed by atoms with Crippen LogP contribution >= 0.6 is 0 Å². The largest absolute Gasteiger partial charge is 0.507 e. The highest BCUT2D eigenvalue weighted by atomic mass is 32.2. The van der Waals surface area contributed by atoms with Crippen LogP contribution in [0.2, 0.25) is 0 Å². The van der Waals surface area contributed by atoms with Crippen molar-refractivity contribution < 1.29 is 14.1 Å². The Bertz CT molecular complexity index is 445. The zero-order valence-electron chi connectivity index (χ0n) is 10.2. The number of nitrogens with one attached hydrogen (secondary N) is 1. The molecular weight excluding hydrogens is 238 g/mol. The summed E-state index contributed by atoms with van der Waals surface area (Å²) in [6, 6.07) is 4.69. The predicted octanol–water partition coefficient (Wildman–Crippen LogP) is 1.20. The summed E-state index contributed by atoms with van der Waals surface area (Å²) in [6.45, 7) is 3.62. The number of aromatic hydroxyl groups is 1. The second-order valence-corrected chi connectivity index (χ2v) is 5.61. The molecule has 1 aromatic rings. The lowest BCUT2D eigenvalue weighted by Crippen LogP contribution is -2.36. The number of phenolic OH excluding ortho intramolecular Hbond substituents is 1. The van der Waals surface area contributed by atoms with Gasteiger partial charge in [-0.25, -0.2) is 0 Å². The van der Waals surface area contributed by atoms with Crippen LogP contribution in [-0.4, -0.2) is 33.3 Å². The molecule has 0 spiro atoms. The average molecular weight is 255 g/mol. The van der Waals surface area contributed by atoms with Crippen LogP contribution in [-0.2, 0) is 10.8 Å². The van der Waals surface area contributed by atoms with Gasteiger partial charge in [0, 0.05) is 28.9 Å². The van der Waals surface area contributed by atoms with Gasteiger partial charge in [0.05, 0.1) is 5.56 Å². The van der Waals surface area contributed by atoms with Gasteiger partial charge in [0.15, 0.2) is 0 Å². The maximum atomic E-state index is 11.8. The first-order valence-corrected chi connectivity index (χ1v) is 7.03. The molecule has 0 heterocycles. The first-order valence-electron chi connectivity index (χ1n) is 5.30. The van der Waals surface area contributed by atoms with Gasteiger partial charge >= 0.3 is 0 Å². The molecule has 4 nitrogen and oxygen atoms in total. The maximum absolute atomic E-state index is 11.8. The number of rotatable bonds is 4. The van der Waals surface area contributed by atoms with Crippen LogP contribution in [0.3, 0.4) is 0 Å². The first-order chi connectivity index (χ1) is 7.90. The molecule has 0 aliphatic heterocycles. The van der Waals surface area contributed by atoms with Gasteiger partial charge in [-0.3, -0.25) is 9.00 Å². The van der Waals surface area contributed by atoms with Gasteiger partial charge in [-0.05, 0) is 31.5 Å². The van der Waals surface area contributed by atoms with Crippen molar-refractivity contribution in [1.29, 1.82) is 0 Å². The molecule has 0 radical (unpaired) electrons. The second kappa shape index (κ2) is 5.82. The van der Waals surface area contributed by atoms with Crippen molar-refractivity contribution >= 4 is 16.7 Å². The highest BCUT2D eigenvalue weighted by Gasteiger charge is 2.14. The topological polar surface area (TPSA) is 66.4 Å². The lowest BCUT2D eigenvalue weighted by atomic mass is 10.1. The smallest absolute Gasteiger partial charge is 0.255 e. The minimum atomic E-state index is -0.955. The molecule has 1 rings (SSSR count). The number of phenols is 1. The zero-order valence-corrected chi connectivity index (χ0v) is 11.0. The molecule has 2 N–H and O–H groups in total. The Morgan fingerprint density at radius 3 is 2.71 bits per heavy atom. The molecule has 1 aromatic carbocycles. The van der Waals surface area contributed by atoms with Crippen LogP contribution < -0.4 is 5.32 Å². The number of hydrogen-bond donors (Lipinski definition) is 2. The molecular formula is C12H17NO3S. The Labute approximate surface area is 104 Å². The van der Waals surface area contributed by atoms with Crippen molar-refractivity contribution in [2.24, 2.45) is 0 Å². The fraction of sp³-hybridized carbons (Fsp3) is 0.417. The molecule has 0 fully saturated rings.